The number of amides is 1. The van der Waals surface area contributed by atoms with Gasteiger partial charge in [-0.3, -0.25) is 4.79 Å². The smallest absolute Gasteiger partial charge is 0.287 e. The Kier molecular flexibility index (Phi) is 4.16. The lowest BCUT2D eigenvalue weighted by molar-refractivity contribution is 0.0891. The maximum atomic E-state index is 12.4. The highest BCUT2D eigenvalue weighted by Crippen LogP contribution is 2.21. The average molecular weight is 289 g/mol. The number of nitrogens with zero attached hydrogens (tertiary/aromatic N) is 1. The molecule has 6 nitrogen and oxygen atoms in total. The fourth-order valence-electron chi connectivity index (χ4n) is 2.32. The molecule has 1 amide bonds. The van der Waals surface area contributed by atoms with E-state index in [9.17, 15) is 4.79 Å². The Labute approximate surface area is 122 Å². The Bertz CT molecular complexity index is 639. The number of carbonyl (C=O) groups is 1. The van der Waals surface area contributed by atoms with Crippen molar-refractivity contribution in [1.82, 2.24) is 5.32 Å². The molecule has 6 heteroatoms. The molecule has 112 valence electrons. The number of furan rings is 1. The number of nitrogens with one attached hydrogen (secondary N) is 1. The van der Waals surface area contributed by atoms with Gasteiger partial charge in [0.15, 0.2) is 11.6 Å². The molecule has 1 aromatic heterocycles. The van der Waals surface area contributed by atoms with E-state index in [-0.39, 0.29) is 17.5 Å². The minimum Gasteiger partial charge on any atom is -0.451 e. The van der Waals surface area contributed by atoms with Crippen LogP contribution in [0.1, 0.15) is 37.2 Å². The van der Waals surface area contributed by atoms with Crippen LogP contribution in [-0.4, -0.2) is 22.5 Å². The topological polar surface area (TPSA) is 101 Å². The quantitative estimate of drug-likeness (QED) is 0.340. The van der Waals surface area contributed by atoms with Crippen LogP contribution in [-0.2, 0) is 0 Å². The zero-order valence-corrected chi connectivity index (χ0v) is 12.1. The van der Waals surface area contributed by atoms with Gasteiger partial charge < -0.3 is 20.7 Å². The van der Waals surface area contributed by atoms with Gasteiger partial charge in [-0.25, -0.2) is 0 Å². The summed E-state index contributed by atoms with van der Waals surface area (Å²) in [5.41, 5.74) is 5.49. The molecule has 0 aliphatic rings. The number of para-hydroxylation sites is 1. The lowest BCUT2D eigenvalue weighted by Gasteiger charge is -2.30. The Morgan fingerprint density at radius 3 is 2.62 bits per heavy atom. The molecule has 2 rings (SSSR count). The second-order valence-electron chi connectivity index (χ2n) is 4.88. The zero-order chi connectivity index (χ0) is 15.5. The number of hydrogen-bond donors (Lipinski definition) is 3. The Morgan fingerprint density at radius 1 is 1.38 bits per heavy atom. The fourth-order valence-corrected chi connectivity index (χ4v) is 2.32. The lowest BCUT2D eigenvalue weighted by atomic mass is 9.91. The van der Waals surface area contributed by atoms with Gasteiger partial charge in [0.1, 0.15) is 11.1 Å². The minimum atomic E-state index is -0.884. The van der Waals surface area contributed by atoms with E-state index in [0.29, 0.717) is 18.4 Å². The molecule has 0 unspecified atom stereocenters. The number of benzene rings is 1. The van der Waals surface area contributed by atoms with Crippen molar-refractivity contribution in [3.05, 3.63) is 36.1 Å². The van der Waals surface area contributed by atoms with E-state index in [2.05, 4.69) is 10.5 Å². The summed E-state index contributed by atoms with van der Waals surface area (Å²) in [6.45, 7) is 3.72. The third-order valence-corrected chi connectivity index (χ3v) is 3.81. The van der Waals surface area contributed by atoms with Crippen molar-refractivity contribution in [2.45, 2.75) is 32.2 Å². The Morgan fingerprint density at radius 2 is 2.05 bits per heavy atom. The molecule has 0 radical (unpaired) electrons. The third-order valence-electron chi connectivity index (χ3n) is 3.81. The largest absolute Gasteiger partial charge is 0.451 e. The van der Waals surface area contributed by atoms with E-state index < -0.39 is 5.54 Å². The van der Waals surface area contributed by atoms with Crippen LogP contribution in [0.15, 0.2) is 39.9 Å². The maximum absolute atomic E-state index is 12.4. The number of oxime groups is 1. The van der Waals surface area contributed by atoms with Gasteiger partial charge >= 0.3 is 0 Å². The molecule has 0 bridgehead atoms. The summed E-state index contributed by atoms with van der Waals surface area (Å²) in [6, 6.07) is 9.05. The molecule has 0 spiro atoms. The SMILES string of the molecule is CCC(CC)(NC(=O)c1cc2ccccc2o1)/C(N)=N/O. The van der Waals surface area contributed by atoms with E-state index >= 15 is 0 Å². The van der Waals surface area contributed by atoms with Crippen LogP contribution < -0.4 is 11.1 Å². The summed E-state index contributed by atoms with van der Waals surface area (Å²) < 4.78 is 5.52. The summed E-state index contributed by atoms with van der Waals surface area (Å²) in [6.07, 6.45) is 1.01. The second-order valence-corrected chi connectivity index (χ2v) is 4.88. The highest BCUT2D eigenvalue weighted by atomic mass is 16.4. The van der Waals surface area contributed by atoms with Gasteiger partial charge in [-0.05, 0) is 25.0 Å². The highest BCUT2D eigenvalue weighted by Gasteiger charge is 2.34. The highest BCUT2D eigenvalue weighted by molar-refractivity contribution is 6.00. The molecule has 0 saturated heterocycles. The summed E-state index contributed by atoms with van der Waals surface area (Å²) in [4.78, 5) is 12.4. The van der Waals surface area contributed by atoms with Crippen molar-refractivity contribution < 1.29 is 14.4 Å². The molecule has 0 atom stereocenters. The first kappa shape index (κ1) is 14.9. The van der Waals surface area contributed by atoms with Gasteiger partial charge in [0.2, 0.25) is 0 Å². The van der Waals surface area contributed by atoms with Crippen LogP contribution >= 0.6 is 0 Å². The third kappa shape index (κ3) is 2.69. The van der Waals surface area contributed by atoms with Gasteiger partial charge in [0, 0.05) is 5.39 Å². The minimum absolute atomic E-state index is 0.0167. The summed E-state index contributed by atoms with van der Waals surface area (Å²) in [5.74, 6) is -0.202. The van der Waals surface area contributed by atoms with Crippen molar-refractivity contribution in [2.24, 2.45) is 10.9 Å². The van der Waals surface area contributed by atoms with Gasteiger partial charge in [-0.2, -0.15) is 0 Å². The summed E-state index contributed by atoms with van der Waals surface area (Å²) in [5, 5.41) is 15.6. The zero-order valence-electron chi connectivity index (χ0n) is 12.1. The summed E-state index contributed by atoms with van der Waals surface area (Å²) in [7, 11) is 0. The first-order chi connectivity index (χ1) is 10.1. The first-order valence-corrected chi connectivity index (χ1v) is 6.85. The van der Waals surface area contributed by atoms with Crippen molar-refractivity contribution in [2.75, 3.05) is 0 Å². The fraction of sp³-hybridized carbons (Fsp3) is 0.333. The van der Waals surface area contributed by atoms with E-state index in [1.54, 1.807) is 12.1 Å². The summed E-state index contributed by atoms with van der Waals surface area (Å²) >= 11 is 0. The van der Waals surface area contributed by atoms with E-state index in [4.69, 9.17) is 15.4 Å². The van der Waals surface area contributed by atoms with Crippen LogP contribution in [0.4, 0.5) is 0 Å². The van der Waals surface area contributed by atoms with Crippen LogP contribution in [0, 0.1) is 0 Å². The van der Waals surface area contributed by atoms with Gasteiger partial charge in [-0.1, -0.05) is 37.2 Å². The molecule has 1 heterocycles. The van der Waals surface area contributed by atoms with Crippen molar-refractivity contribution in [3.63, 3.8) is 0 Å². The number of fused-ring (bicyclic) bond motifs is 1. The Balaban J connectivity index is 2.30. The number of amidine groups is 1. The molecule has 0 aliphatic heterocycles. The molecule has 0 saturated carbocycles. The van der Waals surface area contributed by atoms with Gasteiger partial charge in [0.05, 0.1) is 0 Å². The van der Waals surface area contributed by atoms with Crippen LogP contribution in [0.2, 0.25) is 0 Å². The molecule has 0 aliphatic carbocycles. The van der Waals surface area contributed by atoms with Crippen LogP contribution in [0.5, 0.6) is 0 Å². The van der Waals surface area contributed by atoms with E-state index in [0.717, 1.165) is 5.39 Å². The molecular weight excluding hydrogens is 270 g/mol. The van der Waals surface area contributed by atoms with E-state index in [1.807, 2.05) is 32.0 Å². The normalized spacial score (nSPS) is 12.6. The predicted molar refractivity (Wildman–Crippen MR) is 80.4 cm³/mol. The van der Waals surface area contributed by atoms with Gasteiger partial charge in [-0.15, -0.1) is 0 Å². The van der Waals surface area contributed by atoms with Crippen LogP contribution in [0.3, 0.4) is 0 Å². The standard InChI is InChI=1S/C15H19N3O3/c1-3-15(4-2,14(16)18-20)17-13(19)12-9-10-7-5-6-8-11(10)21-12/h5-9,20H,3-4H2,1-2H3,(H2,16,18)(H,17,19). The molecule has 4 N–H and O–H groups in total. The van der Waals surface area contributed by atoms with Gasteiger partial charge in [0.25, 0.3) is 5.91 Å². The number of hydrogen-bond acceptors (Lipinski definition) is 4. The molecule has 0 fully saturated rings. The van der Waals surface area contributed by atoms with Crippen molar-refractivity contribution in [3.8, 4) is 0 Å². The maximum Gasteiger partial charge on any atom is 0.287 e. The van der Waals surface area contributed by atoms with Crippen molar-refractivity contribution >= 4 is 22.7 Å². The number of rotatable bonds is 5. The lowest BCUT2D eigenvalue weighted by Crippen LogP contribution is -2.56. The number of nitrogens with two attached hydrogens (primary N) is 1. The van der Waals surface area contributed by atoms with Crippen LogP contribution in [0.25, 0.3) is 11.0 Å². The predicted octanol–water partition coefficient (Wildman–Crippen LogP) is 2.47. The molecule has 2 aromatic rings. The van der Waals surface area contributed by atoms with E-state index in [1.165, 1.54) is 0 Å². The number of carbonyl (C=O) groups excluding carboxylic acids is 1. The second kappa shape index (κ2) is 5.87. The monoisotopic (exact) mass is 289 g/mol. The molecule has 1 aromatic carbocycles. The average Bonchev–Trinajstić information content (AvgIpc) is 2.96. The van der Waals surface area contributed by atoms with Crippen molar-refractivity contribution in [1.29, 1.82) is 0 Å². The Hall–Kier alpha value is -2.50. The molecule has 21 heavy (non-hydrogen) atoms. The first-order valence-electron chi connectivity index (χ1n) is 6.85. The molecular formula is C15H19N3O3.